The van der Waals surface area contributed by atoms with Crippen molar-refractivity contribution in [3.8, 4) is 5.75 Å². The van der Waals surface area contributed by atoms with E-state index in [0.29, 0.717) is 17.9 Å². The van der Waals surface area contributed by atoms with Crippen LogP contribution in [0.25, 0.3) is 0 Å². The van der Waals surface area contributed by atoms with Gasteiger partial charge in [-0.1, -0.05) is 24.5 Å². The maximum absolute atomic E-state index is 12.8. The smallest absolute Gasteiger partial charge is 0.307 e. The topological polar surface area (TPSA) is 105 Å². The summed E-state index contributed by atoms with van der Waals surface area (Å²) in [4.78, 5) is 37.1. The Hall–Kier alpha value is -2.83. The molecule has 0 aliphatic heterocycles. The van der Waals surface area contributed by atoms with Crippen LogP contribution < -0.4 is 15.6 Å². The Kier molecular flexibility index (Phi) is 6.80. The first-order chi connectivity index (χ1) is 14.3. The lowest BCUT2D eigenvalue weighted by molar-refractivity contribution is -0.149. The number of hydrazine groups is 1. The maximum atomic E-state index is 12.8. The van der Waals surface area contributed by atoms with Gasteiger partial charge < -0.3 is 9.84 Å². The summed E-state index contributed by atoms with van der Waals surface area (Å²) in [6.45, 7) is 6.65. The van der Waals surface area contributed by atoms with Gasteiger partial charge in [-0.05, 0) is 69.2 Å². The molecule has 2 bridgehead atoms. The molecule has 30 heavy (non-hydrogen) atoms. The number of ether oxygens (including phenoxy) is 1. The van der Waals surface area contributed by atoms with E-state index >= 15 is 0 Å². The molecule has 2 saturated carbocycles. The molecule has 3 rings (SSSR count). The van der Waals surface area contributed by atoms with Gasteiger partial charge in [0.2, 0.25) is 5.91 Å². The third-order valence-corrected chi connectivity index (χ3v) is 6.19. The summed E-state index contributed by atoms with van der Waals surface area (Å²) in [5.74, 6) is -2.74. The van der Waals surface area contributed by atoms with Crippen LogP contribution in [0.3, 0.4) is 0 Å². The number of unbranched alkanes of at least 4 members (excludes halogenated alkanes) is 1. The number of carbonyl (C=O) groups is 3. The second kappa shape index (κ2) is 9.32. The van der Waals surface area contributed by atoms with Gasteiger partial charge in [0.05, 0.1) is 18.4 Å². The zero-order valence-corrected chi connectivity index (χ0v) is 17.7. The summed E-state index contributed by atoms with van der Waals surface area (Å²) in [6.07, 6.45) is 3.61. The van der Waals surface area contributed by atoms with Crippen LogP contribution in [-0.4, -0.2) is 29.5 Å². The predicted molar refractivity (Wildman–Crippen MR) is 112 cm³/mol. The summed E-state index contributed by atoms with van der Waals surface area (Å²) in [6, 6.07) is 6.68. The number of carboxylic acids is 1. The quantitative estimate of drug-likeness (QED) is 0.361. The summed E-state index contributed by atoms with van der Waals surface area (Å²) < 4.78 is 5.58. The Morgan fingerprint density at radius 1 is 1.03 bits per heavy atom. The van der Waals surface area contributed by atoms with E-state index in [9.17, 15) is 19.5 Å². The highest BCUT2D eigenvalue weighted by atomic mass is 16.5. The summed E-state index contributed by atoms with van der Waals surface area (Å²) >= 11 is 0. The van der Waals surface area contributed by atoms with Gasteiger partial charge in [0.25, 0.3) is 5.91 Å². The molecule has 2 fully saturated rings. The fourth-order valence-corrected chi connectivity index (χ4v) is 4.92. The van der Waals surface area contributed by atoms with Crippen LogP contribution in [0, 0.1) is 23.7 Å². The molecule has 2 aliphatic carbocycles. The first-order valence-corrected chi connectivity index (χ1v) is 10.6. The minimum atomic E-state index is -0.953. The molecule has 0 spiro atoms. The molecular formula is C23H30N2O5. The molecule has 7 nitrogen and oxygen atoms in total. The number of carboxylic acid groups (broad SMARTS) is 1. The highest BCUT2D eigenvalue weighted by molar-refractivity contribution is 5.96. The minimum Gasteiger partial charge on any atom is -0.494 e. The lowest BCUT2D eigenvalue weighted by Crippen LogP contribution is -2.48. The Bertz CT molecular complexity index is 842. The molecule has 3 N–H and O–H groups in total. The lowest BCUT2D eigenvalue weighted by Gasteiger charge is -2.26. The number of rotatable bonds is 7. The van der Waals surface area contributed by atoms with Gasteiger partial charge in [-0.25, -0.2) is 0 Å². The predicted octanol–water partition coefficient (Wildman–Crippen LogP) is 3.32. The molecule has 1 aromatic carbocycles. The van der Waals surface area contributed by atoms with Crippen molar-refractivity contribution < 1.29 is 24.2 Å². The number of amides is 2. The van der Waals surface area contributed by atoms with Gasteiger partial charge >= 0.3 is 5.97 Å². The standard InChI is InChI=1S/C23H30N2O5/c1-4-5-12-30-15-8-6-14(7-9-15)21(26)24-25-22(27)19-16-10-11-17(18(16)13(2)3)20(19)23(28)29/h6-9,16-17,19-20H,4-5,10-12H2,1-3H3,(H,24,26)(H,25,27)(H,28,29)/t16-,17-,19-,20-/m0/s1. The van der Waals surface area contributed by atoms with Crippen LogP contribution in [0.15, 0.2) is 35.4 Å². The summed E-state index contributed by atoms with van der Waals surface area (Å²) in [7, 11) is 0. The third kappa shape index (κ3) is 4.35. The number of hydrogen-bond acceptors (Lipinski definition) is 4. The fourth-order valence-electron chi connectivity index (χ4n) is 4.92. The number of hydrogen-bond donors (Lipinski definition) is 3. The van der Waals surface area contributed by atoms with Crippen LogP contribution in [-0.2, 0) is 9.59 Å². The number of carbonyl (C=O) groups excluding carboxylic acids is 2. The number of benzene rings is 1. The van der Waals surface area contributed by atoms with E-state index in [1.54, 1.807) is 24.3 Å². The molecule has 0 heterocycles. The monoisotopic (exact) mass is 414 g/mol. The Morgan fingerprint density at radius 2 is 1.67 bits per heavy atom. The van der Waals surface area contributed by atoms with Crippen LogP contribution in [0.5, 0.6) is 5.75 Å². The third-order valence-electron chi connectivity index (χ3n) is 6.19. The number of nitrogens with one attached hydrogen (secondary N) is 2. The van der Waals surface area contributed by atoms with E-state index in [2.05, 4.69) is 17.8 Å². The zero-order valence-electron chi connectivity index (χ0n) is 17.7. The molecule has 2 aliphatic rings. The first-order valence-electron chi connectivity index (χ1n) is 10.6. The van der Waals surface area contributed by atoms with Crippen molar-refractivity contribution in [2.45, 2.75) is 46.5 Å². The van der Waals surface area contributed by atoms with Gasteiger partial charge in [0, 0.05) is 5.56 Å². The van der Waals surface area contributed by atoms with Crippen molar-refractivity contribution in [3.05, 3.63) is 41.0 Å². The second-order valence-electron chi connectivity index (χ2n) is 8.31. The van der Waals surface area contributed by atoms with Crippen molar-refractivity contribution in [1.82, 2.24) is 10.9 Å². The molecule has 7 heteroatoms. The number of allylic oxidation sites excluding steroid dienone is 2. The van der Waals surface area contributed by atoms with Crippen molar-refractivity contribution in [3.63, 3.8) is 0 Å². The molecule has 0 saturated heterocycles. The van der Waals surface area contributed by atoms with Crippen molar-refractivity contribution in [2.75, 3.05) is 6.61 Å². The van der Waals surface area contributed by atoms with Gasteiger partial charge in [0.1, 0.15) is 5.75 Å². The Morgan fingerprint density at radius 3 is 2.23 bits per heavy atom. The molecular weight excluding hydrogens is 384 g/mol. The van der Waals surface area contributed by atoms with Crippen molar-refractivity contribution >= 4 is 17.8 Å². The molecule has 2 amide bonds. The van der Waals surface area contributed by atoms with Gasteiger partial charge in [0.15, 0.2) is 0 Å². The zero-order chi connectivity index (χ0) is 21.8. The van der Waals surface area contributed by atoms with E-state index in [-0.39, 0.29) is 11.8 Å². The van der Waals surface area contributed by atoms with Crippen LogP contribution in [0.1, 0.15) is 56.8 Å². The highest BCUT2D eigenvalue weighted by Gasteiger charge is 2.57. The van der Waals surface area contributed by atoms with Crippen molar-refractivity contribution in [2.24, 2.45) is 23.7 Å². The van der Waals surface area contributed by atoms with E-state index in [1.807, 2.05) is 13.8 Å². The van der Waals surface area contributed by atoms with Crippen LogP contribution in [0.4, 0.5) is 0 Å². The van der Waals surface area contributed by atoms with Crippen LogP contribution in [0.2, 0.25) is 0 Å². The van der Waals surface area contributed by atoms with Gasteiger partial charge in [-0.3, -0.25) is 25.2 Å². The molecule has 162 valence electrons. The van der Waals surface area contributed by atoms with E-state index < -0.39 is 29.6 Å². The number of fused-ring (bicyclic) bond motifs is 2. The van der Waals surface area contributed by atoms with E-state index in [1.165, 1.54) is 0 Å². The molecule has 1 aromatic rings. The molecule has 0 radical (unpaired) electrons. The van der Waals surface area contributed by atoms with Crippen molar-refractivity contribution in [1.29, 1.82) is 0 Å². The largest absolute Gasteiger partial charge is 0.494 e. The maximum Gasteiger partial charge on any atom is 0.307 e. The Balaban J connectivity index is 1.61. The van der Waals surface area contributed by atoms with Crippen LogP contribution >= 0.6 is 0 Å². The lowest BCUT2D eigenvalue weighted by atomic mass is 9.79. The number of aliphatic carboxylic acids is 1. The van der Waals surface area contributed by atoms with E-state index in [0.717, 1.165) is 36.8 Å². The van der Waals surface area contributed by atoms with E-state index in [4.69, 9.17) is 4.74 Å². The molecule has 4 atom stereocenters. The first kappa shape index (κ1) is 21.9. The Labute approximate surface area is 176 Å². The fraction of sp³-hybridized carbons (Fsp3) is 0.522. The molecule has 0 unspecified atom stereocenters. The normalized spacial score (nSPS) is 24.4. The SMILES string of the molecule is CCCCOc1ccc(C(=O)NNC(=O)[C@@H]2[C@@H](C(=O)O)[C@H]3CC[C@H]2C3=C(C)C)cc1. The highest BCUT2D eigenvalue weighted by Crippen LogP contribution is 2.57. The molecule has 0 aromatic heterocycles. The summed E-state index contributed by atoms with van der Waals surface area (Å²) in [5, 5.41) is 9.71. The average Bonchev–Trinajstić information content (AvgIpc) is 3.29. The average molecular weight is 415 g/mol. The summed E-state index contributed by atoms with van der Waals surface area (Å²) in [5.41, 5.74) is 7.45. The van der Waals surface area contributed by atoms with Gasteiger partial charge in [-0.15, -0.1) is 0 Å². The second-order valence-corrected chi connectivity index (χ2v) is 8.31. The minimum absolute atomic E-state index is 0.0717. The van der Waals surface area contributed by atoms with Gasteiger partial charge in [-0.2, -0.15) is 0 Å².